The highest BCUT2D eigenvalue weighted by molar-refractivity contribution is 7.92. The van der Waals surface area contributed by atoms with E-state index in [-0.39, 0.29) is 16.1 Å². The molecule has 3 aromatic rings. The molecule has 0 spiro atoms. The second-order valence-corrected chi connectivity index (χ2v) is 8.70. The third-order valence-electron chi connectivity index (χ3n) is 4.87. The standard InChI is InChI=1S/C20H21FN4O2S/c1-14-6-5-7-16(12-14)28(26,27)24-15-9-10-18(21)17(13-15)20-23-22-19-8-3-2-4-11-25(19)20/h5-7,9-10,12-13,24H,2-4,8,11H2,1H3. The first-order chi connectivity index (χ1) is 13.4. The fourth-order valence-corrected chi connectivity index (χ4v) is 4.59. The van der Waals surface area contributed by atoms with Gasteiger partial charge in [0.1, 0.15) is 11.6 Å². The molecule has 0 bridgehead atoms. The Kier molecular flexibility index (Phi) is 4.89. The first-order valence-corrected chi connectivity index (χ1v) is 10.7. The number of halogens is 1. The number of nitrogens with zero attached hydrogens (tertiary/aromatic N) is 3. The van der Waals surface area contributed by atoms with Gasteiger partial charge in [-0.05, 0) is 55.7 Å². The highest BCUT2D eigenvalue weighted by Crippen LogP contribution is 2.28. The van der Waals surface area contributed by atoms with E-state index in [4.69, 9.17) is 0 Å². The molecule has 4 rings (SSSR count). The van der Waals surface area contributed by atoms with Gasteiger partial charge in [0.05, 0.1) is 10.5 Å². The zero-order valence-electron chi connectivity index (χ0n) is 15.5. The van der Waals surface area contributed by atoms with Gasteiger partial charge in [-0.25, -0.2) is 12.8 Å². The molecule has 0 amide bonds. The van der Waals surface area contributed by atoms with Crippen LogP contribution in [-0.2, 0) is 23.0 Å². The van der Waals surface area contributed by atoms with Crippen molar-refractivity contribution in [3.8, 4) is 11.4 Å². The molecule has 6 nitrogen and oxygen atoms in total. The lowest BCUT2D eigenvalue weighted by atomic mass is 10.1. The summed E-state index contributed by atoms with van der Waals surface area (Å²) in [5.74, 6) is 0.821. The topological polar surface area (TPSA) is 76.9 Å². The van der Waals surface area contributed by atoms with Crippen molar-refractivity contribution in [2.45, 2.75) is 44.0 Å². The lowest BCUT2D eigenvalue weighted by Gasteiger charge is -2.12. The molecule has 2 aromatic carbocycles. The molecule has 8 heteroatoms. The lowest BCUT2D eigenvalue weighted by molar-refractivity contribution is 0.601. The van der Waals surface area contributed by atoms with Gasteiger partial charge >= 0.3 is 0 Å². The molecule has 0 saturated heterocycles. The number of aromatic nitrogens is 3. The first-order valence-electron chi connectivity index (χ1n) is 9.25. The summed E-state index contributed by atoms with van der Waals surface area (Å²) < 4.78 is 44.4. The van der Waals surface area contributed by atoms with Gasteiger partial charge in [-0.15, -0.1) is 10.2 Å². The van der Waals surface area contributed by atoms with Crippen molar-refractivity contribution in [1.29, 1.82) is 0 Å². The summed E-state index contributed by atoms with van der Waals surface area (Å²) in [6.45, 7) is 2.56. The Labute approximate surface area is 163 Å². The third-order valence-corrected chi connectivity index (χ3v) is 6.25. The molecular weight excluding hydrogens is 379 g/mol. The highest BCUT2D eigenvalue weighted by Gasteiger charge is 2.20. The maximum atomic E-state index is 14.6. The number of fused-ring (bicyclic) bond motifs is 1. The molecule has 0 fully saturated rings. The third kappa shape index (κ3) is 3.64. The molecule has 0 radical (unpaired) electrons. The molecule has 0 atom stereocenters. The van der Waals surface area contributed by atoms with Crippen LogP contribution in [0.1, 0.15) is 30.7 Å². The number of rotatable bonds is 4. The Morgan fingerprint density at radius 1 is 1.07 bits per heavy atom. The van der Waals surface area contributed by atoms with E-state index in [2.05, 4.69) is 14.9 Å². The largest absolute Gasteiger partial charge is 0.311 e. The average Bonchev–Trinajstić information content (AvgIpc) is 2.91. The Morgan fingerprint density at radius 3 is 2.75 bits per heavy atom. The first kappa shape index (κ1) is 18.6. The molecule has 0 saturated carbocycles. The summed E-state index contributed by atoms with van der Waals surface area (Å²) >= 11 is 0. The van der Waals surface area contributed by atoms with Crippen LogP contribution in [0.2, 0.25) is 0 Å². The number of nitrogens with one attached hydrogen (secondary N) is 1. The van der Waals surface area contributed by atoms with Gasteiger partial charge in [0.2, 0.25) is 0 Å². The van der Waals surface area contributed by atoms with Gasteiger partial charge in [-0.1, -0.05) is 18.6 Å². The van der Waals surface area contributed by atoms with E-state index in [9.17, 15) is 12.8 Å². The molecule has 2 heterocycles. The Hall–Kier alpha value is -2.74. The van der Waals surface area contributed by atoms with E-state index in [1.165, 1.54) is 24.3 Å². The normalized spacial score (nSPS) is 14.4. The number of anilines is 1. The quantitative estimate of drug-likeness (QED) is 0.720. The fourth-order valence-electron chi connectivity index (χ4n) is 3.44. The predicted octanol–water partition coefficient (Wildman–Crippen LogP) is 3.92. The van der Waals surface area contributed by atoms with E-state index < -0.39 is 15.8 Å². The molecule has 1 N–H and O–H groups in total. The smallest absolute Gasteiger partial charge is 0.261 e. The predicted molar refractivity (Wildman–Crippen MR) is 105 cm³/mol. The van der Waals surface area contributed by atoms with Gasteiger partial charge in [0.15, 0.2) is 5.82 Å². The van der Waals surface area contributed by atoms with Crippen LogP contribution in [0.5, 0.6) is 0 Å². The maximum absolute atomic E-state index is 14.6. The summed E-state index contributed by atoms with van der Waals surface area (Å²) in [5, 5.41) is 8.38. The number of sulfonamides is 1. The highest BCUT2D eigenvalue weighted by atomic mass is 32.2. The second kappa shape index (κ2) is 7.35. The van der Waals surface area contributed by atoms with E-state index >= 15 is 0 Å². The zero-order valence-corrected chi connectivity index (χ0v) is 16.3. The van der Waals surface area contributed by atoms with Crippen molar-refractivity contribution in [2.24, 2.45) is 0 Å². The van der Waals surface area contributed by atoms with Gasteiger partial charge in [0, 0.05) is 18.7 Å². The van der Waals surface area contributed by atoms with Gasteiger partial charge in [-0.3, -0.25) is 4.72 Å². The van der Waals surface area contributed by atoms with Crippen LogP contribution in [0.3, 0.4) is 0 Å². The summed E-state index contributed by atoms with van der Waals surface area (Å²) in [4.78, 5) is 0.162. The van der Waals surface area contributed by atoms with Crippen LogP contribution in [0.25, 0.3) is 11.4 Å². The van der Waals surface area contributed by atoms with Crippen LogP contribution in [-0.4, -0.2) is 23.2 Å². The molecule has 1 aliphatic rings. The van der Waals surface area contributed by atoms with Crippen molar-refractivity contribution in [1.82, 2.24) is 14.8 Å². The Balaban J connectivity index is 1.70. The van der Waals surface area contributed by atoms with E-state index in [0.29, 0.717) is 5.82 Å². The van der Waals surface area contributed by atoms with Crippen molar-refractivity contribution in [3.63, 3.8) is 0 Å². The minimum absolute atomic E-state index is 0.162. The minimum atomic E-state index is -3.77. The van der Waals surface area contributed by atoms with Crippen LogP contribution in [0.15, 0.2) is 47.4 Å². The van der Waals surface area contributed by atoms with Crippen molar-refractivity contribution in [2.75, 3.05) is 4.72 Å². The summed E-state index contributed by atoms with van der Waals surface area (Å²) in [7, 11) is -3.77. The zero-order chi connectivity index (χ0) is 19.7. The summed E-state index contributed by atoms with van der Waals surface area (Å²) in [6, 6.07) is 10.8. The van der Waals surface area contributed by atoms with E-state index in [1.54, 1.807) is 12.1 Å². The van der Waals surface area contributed by atoms with E-state index in [1.807, 2.05) is 17.6 Å². The molecule has 146 valence electrons. The monoisotopic (exact) mass is 400 g/mol. The Bertz CT molecular complexity index is 1120. The minimum Gasteiger partial charge on any atom is -0.311 e. The van der Waals surface area contributed by atoms with Crippen LogP contribution < -0.4 is 4.72 Å². The lowest BCUT2D eigenvalue weighted by Crippen LogP contribution is -2.13. The van der Waals surface area contributed by atoms with Gasteiger partial charge < -0.3 is 4.57 Å². The van der Waals surface area contributed by atoms with Crippen molar-refractivity contribution < 1.29 is 12.8 Å². The average molecular weight is 400 g/mol. The summed E-state index contributed by atoms with van der Waals surface area (Å²) in [6.07, 6.45) is 3.94. The number of benzene rings is 2. The molecule has 1 aliphatic heterocycles. The number of aryl methyl sites for hydroxylation is 2. The molecule has 28 heavy (non-hydrogen) atoms. The van der Waals surface area contributed by atoms with Gasteiger partial charge in [0.25, 0.3) is 10.0 Å². The van der Waals surface area contributed by atoms with Crippen LogP contribution in [0, 0.1) is 12.7 Å². The summed E-state index contributed by atoms with van der Waals surface area (Å²) in [5.41, 5.74) is 1.36. The fraction of sp³-hybridized carbons (Fsp3) is 0.300. The maximum Gasteiger partial charge on any atom is 0.261 e. The molecular formula is C20H21FN4O2S. The second-order valence-electron chi connectivity index (χ2n) is 7.02. The molecule has 1 aromatic heterocycles. The molecule has 0 aliphatic carbocycles. The van der Waals surface area contributed by atoms with E-state index in [0.717, 1.165) is 43.6 Å². The van der Waals surface area contributed by atoms with Crippen molar-refractivity contribution in [3.05, 3.63) is 59.7 Å². The molecule has 0 unspecified atom stereocenters. The number of hydrogen-bond acceptors (Lipinski definition) is 4. The Morgan fingerprint density at radius 2 is 1.93 bits per heavy atom. The number of hydrogen-bond donors (Lipinski definition) is 1. The van der Waals surface area contributed by atoms with Crippen LogP contribution >= 0.6 is 0 Å². The van der Waals surface area contributed by atoms with Gasteiger partial charge in [-0.2, -0.15) is 0 Å². The van der Waals surface area contributed by atoms with Crippen LogP contribution in [0.4, 0.5) is 10.1 Å². The van der Waals surface area contributed by atoms with Crippen molar-refractivity contribution >= 4 is 15.7 Å². The SMILES string of the molecule is Cc1cccc(S(=O)(=O)Nc2ccc(F)c(-c3nnc4n3CCCCC4)c2)c1.